The van der Waals surface area contributed by atoms with Gasteiger partial charge in [-0.05, 0) is 47.2 Å². The molecule has 1 aliphatic rings. The Morgan fingerprint density at radius 2 is 2.00 bits per heavy atom. The number of tetrazole rings is 1. The van der Waals surface area contributed by atoms with Gasteiger partial charge in [0.1, 0.15) is 11.8 Å². The molecule has 3 heterocycles. The van der Waals surface area contributed by atoms with Gasteiger partial charge < -0.3 is 15.4 Å². The Balaban J connectivity index is 1.76. The number of hydrogen-bond donors (Lipinski definition) is 2. The highest BCUT2D eigenvalue weighted by molar-refractivity contribution is 6.06. The number of pyridine rings is 1. The Morgan fingerprint density at radius 3 is 2.78 bits per heavy atom. The van der Waals surface area contributed by atoms with Crippen molar-refractivity contribution in [1.82, 2.24) is 25.2 Å². The molecule has 2 aromatic heterocycles. The summed E-state index contributed by atoms with van der Waals surface area (Å²) in [5.74, 6) is 0.784. The molecule has 4 rings (SSSR count). The van der Waals surface area contributed by atoms with E-state index in [1.54, 1.807) is 36.3 Å². The minimum atomic E-state index is -0.478. The summed E-state index contributed by atoms with van der Waals surface area (Å²) in [5, 5.41) is 17.8. The maximum atomic E-state index is 13.2. The molecule has 1 aliphatic heterocycles. The molecule has 27 heavy (non-hydrogen) atoms. The van der Waals surface area contributed by atoms with Gasteiger partial charge in [0.05, 0.1) is 18.4 Å². The zero-order chi connectivity index (χ0) is 18.8. The topological polar surface area (TPSA) is 107 Å². The molecule has 136 valence electrons. The molecule has 0 spiro atoms. The van der Waals surface area contributed by atoms with E-state index in [4.69, 9.17) is 4.74 Å². The average molecular weight is 363 g/mol. The first-order valence-corrected chi connectivity index (χ1v) is 8.29. The standard InChI is InChI=1S/C18H17N7O2/c1-11-15(17(26)21-13-5-3-4-6-14(13)27-2)16(12-7-9-19-10-8-12)25-18(20-11)22-23-24-25/h3-10,16H,1-2H3,(H,21,26)(H,20,22,24)/t16-/m0/s1. The van der Waals surface area contributed by atoms with Gasteiger partial charge in [0.15, 0.2) is 0 Å². The summed E-state index contributed by atoms with van der Waals surface area (Å²) < 4.78 is 6.91. The third-order valence-electron chi connectivity index (χ3n) is 4.34. The third kappa shape index (κ3) is 2.99. The van der Waals surface area contributed by atoms with Crippen LogP contribution in [0.4, 0.5) is 11.6 Å². The van der Waals surface area contributed by atoms with Gasteiger partial charge in [-0.25, -0.2) is 0 Å². The van der Waals surface area contributed by atoms with Gasteiger partial charge in [0.25, 0.3) is 5.91 Å². The minimum Gasteiger partial charge on any atom is -0.495 e. The molecule has 9 heteroatoms. The molecule has 0 saturated carbocycles. The van der Waals surface area contributed by atoms with E-state index >= 15 is 0 Å². The number of fused-ring (bicyclic) bond motifs is 1. The largest absolute Gasteiger partial charge is 0.495 e. The normalized spacial score (nSPS) is 15.7. The monoisotopic (exact) mass is 363 g/mol. The van der Waals surface area contributed by atoms with Crippen molar-refractivity contribution < 1.29 is 9.53 Å². The zero-order valence-corrected chi connectivity index (χ0v) is 14.7. The number of hydrogen-bond acceptors (Lipinski definition) is 7. The summed E-state index contributed by atoms with van der Waals surface area (Å²) in [6.07, 6.45) is 3.35. The van der Waals surface area contributed by atoms with E-state index in [-0.39, 0.29) is 5.91 Å². The lowest BCUT2D eigenvalue weighted by atomic mass is 9.96. The molecule has 1 amide bonds. The number of carbonyl (C=O) groups is 1. The number of nitrogens with one attached hydrogen (secondary N) is 2. The number of carbonyl (C=O) groups excluding carboxylic acids is 1. The number of nitrogens with zero attached hydrogens (tertiary/aromatic N) is 5. The van der Waals surface area contributed by atoms with Crippen molar-refractivity contribution in [3.8, 4) is 5.75 Å². The fourth-order valence-corrected chi connectivity index (χ4v) is 3.10. The zero-order valence-electron chi connectivity index (χ0n) is 14.7. The molecule has 1 atom stereocenters. The smallest absolute Gasteiger partial charge is 0.255 e. The molecule has 0 saturated heterocycles. The Hall–Kier alpha value is -3.75. The first-order chi connectivity index (χ1) is 13.2. The van der Waals surface area contributed by atoms with Gasteiger partial charge in [-0.3, -0.25) is 9.78 Å². The summed E-state index contributed by atoms with van der Waals surface area (Å²) in [6, 6.07) is 10.4. The second kappa shape index (κ2) is 6.87. The van der Waals surface area contributed by atoms with Crippen LogP contribution in [0.1, 0.15) is 18.5 Å². The molecule has 0 bridgehead atoms. The lowest BCUT2D eigenvalue weighted by Gasteiger charge is -2.28. The van der Waals surface area contributed by atoms with Crippen LogP contribution in [0.5, 0.6) is 5.75 Å². The van der Waals surface area contributed by atoms with Crippen molar-refractivity contribution in [3.05, 3.63) is 65.6 Å². The Morgan fingerprint density at radius 1 is 1.22 bits per heavy atom. The first-order valence-electron chi connectivity index (χ1n) is 8.29. The second-order valence-electron chi connectivity index (χ2n) is 5.95. The number of ether oxygens (including phenoxy) is 1. The van der Waals surface area contributed by atoms with Gasteiger partial charge in [-0.15, -0.1) is 0 Å². The molecular weight excluding hydrogens is 346 g/mol. The summed E-state index contributed by atoms with van der Waals surface area (Å²) in [4.78, 5) is 17.3. The SMILES string of the molecule is COc1ccccc1NC(=O)C1=C(C)Nc2nnnn2[C@H]1c1ccncc1. The number of anilines is 2. The molecule has 3 aromatic rings. The van der Waals surface area contributed by atoms with Crippen molar-refractivity contribution in [1.29, 1.82) is 0 Å². The highest BCUT2D eigenvalue weighted by atomic mass is 16.5. The van der Waals surface area contributed by atoms with Crippen LogP contribution in [-0.2, 0) is 4.79 Å². The lowest BCUT2D eigenvalue weighted by Crippen LogP contribution is -2.31. The van der Waals surface area contributed by atoms with Crippen LogP contribution in [0.25, 0.3) is 0 Å². The quantitative estimate of drug-likeness (QED) is 0.730. The maximum Gasteiger partial charge on any atom is 0.255 e. The van der Waals surface area contributed by atoms with E-state index in [0.717, 1.165) is 5.56 Å². The van der Waals surface area contributed by atoms with Crippen molar-refractivity contribution in [3.63, 3.8) is 0 Å². The minimum absolute atomic E-state index is 0.271. The lowest BCUT2D eigenvalue weighted by molar-refractivity contribution is -0.113. The fraction of sp³-hybridized carbons (Fsp3) is 0.167. The molecule has 0 fully saturated rings. The summed E-state index contributed by atoms with van der Waals surface area (Å²) >= 11 is 0. The molecule has 0 unspecified atom stereocenters. The summed E-state index contributed by atoms with van der Waals surface area (Å²) in [7, 11) is 1.56. The van der Waals surface area contributed by atoms with Crippen LogP contribution in [0, 0.1) is 0 Å². The van der Waals surface area contributed by atoms with Crippen LogP contribution >= 0.6 is 0 Å². The number of aromatic nitrogens is 5. The van der Waals surface area contributed by atoms with Gasteiger partial charge in [0, 0.05) is 18.1 Å². The van der Waals surface area contributed by atoms with E-state index in [0.29, 0.717) is 28.7 Å². The van der Waals surface area contributed by atoms with E-state index < -0.39 is 6.04 Å². The molecule has 0 radical (unpaired) electrons. The van der Waals surface area contributed by atoms with Crippen LogP contribution in [-0.4, -0.2) is 38.2 Å². The number of para-hydroxylation sites is 2. The van der Waals surface area contributed by atoms with Gasteiger partial charge in [-0.2, -0.15) is 4.68 Å². The molecular formula is C18H17N7O2. The highest BCUT2D eigenvalue weighted by Crippen LogP contribution is 2.35. The van der Waals surface area contributed by atoms with E-state index in [9.17, 15) is 4.79 Å². The number of methoxy groups -OCH3 is 1. The Kier molecular flexibility index (Phi) is 4.25. The predicted octanol–water partition coefficient (Wildman–Crippen LogP) is 2.00. The van der Waals surface area contributed by atoms with Crippen molar-refractivity contribution in [2.45, 2.75) is 13.0 Å². The third-order valence-corrected chi connectivity index (χ3v) is 4.34. The molecule has 1 aromatic carbocycles. The summed E-state index contributed by atoms with van der Waals surface area (Å²) in [6.45, 7) is 1.82. The van der Waals surface area contributed by atoms with E-state index in [1.165, 1.54) is 0 Å². The maximum absolute atomic E-state index is 13.2. The highest BCUT2D eigenvalue weighted by Gasteiger charge is 2.34. The fourth-order valence-electron chi connectivity index (χ4n) is 3.10. The average Bonchev–Trinajstić information content (AvgIpc) is 3.15. The van der Waals surface area contributed by atoms with Crippen molar-refractivity contribution in [2.75, 3.05) is 17.7 Å². The number of benzene rings is 1. The van der Waals surface area contributed by atoms with Gasteiger partial charge in [-0.1, -0.05) is 17.2 Å². The Bertz CT molecular complexity index is 1010. The van der Waals surface area contributed by atoms with Gasteiger partial charge in [0.2, 0.25) is 5.95 Å². The van der Waals surface area contributed by atoms with E-state index in [2.05, 4.69) is 31.1 Å². The first kappa shape index (κ1) is 16.7. The second-order valence-corrected chi connectivity index (χ2v) is 5.95. The van der Waals surface area contributed by atoms with Crippen LogP contribution in [0.15, 0.2) is 60.1 Å². The van der Waals surface area contributed by atoms with Gasteiger partial charge >= 0.3 is 0 Å². The predicted molar refractivity (Wildman–Crippen MR) is 98.1 cm³/mol. The molecule has 2 N–H and O–H groups in total. The van der Waals surface area contributed by atoms with Crippen LogP contribution < -0.4 is 15.4 Å². The Labute approximate surface area is 155 Å². The van der Waals surface area contributed by atoms with Crippen LogP contribution in [0.2, 0.25) is 0 Å². The number of rotatable bonds is 4. The number of amides is 1. The molecule has 9 nitrogen and oxygen atoms in total. The molecule has 0 aliphatic carbocycles. The van der Waals surface area contributed by atoms with E-state index in [1.807, 2.05) is 31.2 Å². The van der Waals surface area contributed by atoms with Crippen molar-refractivity contribution in [2.24, 2.45) is 0 Å². The van der Waals surface area contributed by atoms with Crippen molar-refractivity contribution >= 4 is 17.5 Å². The summed E-state index contributed by atoms with van der Waals surface area (Å²) in [5.41, 5.74) is 2.62. The number of allylic oxidation sites excluding steroid dienone is 1. The van der Waals surface area contributed by atoms with Crippen LogP contribution in [0.3, 0.4) is 0 Å².